The first kappa shape index (κ1) is 17.6. The largest absolute Gasteiger partial charge is 0.383 e. The lowest BCUT2D eigenvalue weighted by Crippen LogP contribution is -2.55. The third-order valence-corrected chi connectivity index (χ3v) is 4.91. The Morgan fingerprint density at radius 2 is 2.00 bits per heavy atom. The fraction of sp³-hybridized carbons (Fsp3) is 0.474. The van der Waals surface area contributed by atoms with Gasteiger partial charge in [-0.2, -0.15) is 0 Å². The van der Waals surface area contributed by atoms with Gasteiger partial charge < -0.3 is 10.1 Å². The summed E-state index contributed by atoms with van der Waals surface area (Å²) in [4.78, 5) is 13.2. The minimum atomic E-state index is -0.314. The van der Waals surface area contributed by atoms with Gasteiger partial charge in [-0.1, -0.05) is 37.3 Å². The lowest BCUT2D eigenvalue weighted by molar-refractivity contribution is -0.422. The topological polar surface area (TPSA) is 67.6 Å². The van der Waals surface area contributed by atoms with Crippen molar-refractivity contribution >= 4 is 0 Å². The van der Waals surface area contributed by atoms with Gasteiger partial charge in [0.15, 0.2) is 0 Å². The average Bonchev–Trinajstić information content (AvgIpc) is 2.58. The summed E-state index contributed by atoms with van der Waals surface area (Å²) < 4.78 is 5.82. The zero-order valence-corrected chi connectivity index (χ0v) is 14.7. The second-order valence-corrected chi connectivity index (χ2v) is 6.81. The molecule has 134 valence electrons. The van der Waals surface area contributed by atoms with E-state index in [0.717, 1.165) is 19.7 Å². The minimum Gasteiger partial charge on any atom is -0.383 e. The molecule has 1 aliphatic heterocycles. The molecular formula is C19H25N3O3. The van der Waals surface area contributed by atoms with Crippen LogP contribution in [-0.2, 0) is 11.3 Å². The van der Waals surface area contributed by atoms with Gasteiger partial charge in [-0.15, -0.1) is 0 Å². The van der Waals surface area contributed by atoms with Gasteiger partial charge in [-0.05, 0) is 11.6 Å². The van der Waals surface area contributed by atoms with Crippen LogP contribution in [0.1, 0.15) is 12.5 Å². The summed E-state index contributed by atoms with van der Waals surface area (Å²) in [7, 11) is 1.73. The molecule has 6 heteroatoms. The number of likely N-dealkylation sites (N-methyl/N-ethyl adjacent to an activating group) is 1. The highest BCUT2D eigenvalue weighted by Gasteiger charge is 2.37. The van der Waals surface area contributed by atoms with Crippen LogP contribution in [0.5, 0.6) is 0 Å². The Labute approximate surface area is 148 Å². The van der Waals surface area contributed by atoms with E-state index < -0.39 is 0 Å². The van der Waals surface area contributed by atoms with Crippen molar-refractivity contribution in [1.82, 2.24) is 10.2 Å². The predicted octanol–water partition coefficient (Wildman–Crippen LogP) is 2.42. The van der Waals surface area contributed by atoms with Gasteiger partial charge in [-0.3, -0.25) is 15.0 Å². The highest BCUT2D eigenvalue weighted by atomic mass is 16.6. The summed E-state index contributed by atoms with van der Waals surface area (Å²) >= 11 is 0. The van der Waals surface area contributed by atoms with Gasteiger partial charge in [0.1, 0.15) is 5.70 Å². The van der Waals surface area contributed by atoms with Crippen LogP contribution in [-0.4, -0.2) is 42.6 Å². The number of rotatable bonds is 7. The minimum absolute atomic E-state index is 0.128. The summed E-state index contributed by atoms with van der Waals surface area (Å²) in [6, 6.07) is 10.4. The van der Waals surface area contributed by atoms with Crippen LogP contribution in [0.2, 0.25) is 0 Å². The summed E-state index contributed by atoms with van der Waals surface area (Å²) in [6.45, 7) is 5.38. The fourth-order valence-electron chi connectivity index (χ4n) is 3.53. The van der Waals surface area contributed by atoms with Crippen LogP contribution in [0.25, 0.3) is 0 Å². The molecule has 0 aromatic heterocycles. The molecule has 1 fully saturated rings. The molecule has 6 nitrogen and oxygen atoms in total. The number of hydrogen-bond acceptors (Lipinski definition) is 5. The van der Waals surface area contributed by atoms with Crippen LogP contribution < -0.4 is 5.32 Å². The van der Waals surface area contributed by atoms with E-state index in [-0.39, 0.29) is 22.6 Å². The zero-order valence-electron chi connectivity index (χ0n) is 14.7. The Hall–Kier alpha value is -2.18. The highest BCUT2D eigenvalue weighted by molar-refractivity contribution is 5.31. The summed E-state index contributed by atoms with van der Waals surface area (Å²) in [5, 5.41) is 14.1. The van der Waals surface area contributed by atoms with Crippen molar-refractivity contribution in [1.29, 1.82) is 0 Å². The standard InChI is InChI=1S/C19H25N3O3/c1-14-8-19(22(23)24)17(20-2)9-18(14)21-10-16(11-21)13-25-12-15-6-4-3-5-7-15/h3-9,14,16,18,20H,10-13H2,1-2H3. The molecule has 1 aliphatic carbocycles. The fourth-order valence-corrected chi connectivity index (χ4v) is 3.53. The van der Waals surface area contributed by atoms with Gasteiger partial charge in [0.2, 0.25) is 0 Å². The van der Waals surface area contributed by atoms with Crippen LogP contribution in [0.4, 0.5) is 0 Å². The van der Waals surface area contributed by atoms with Gasteiger partial charge in [0, 0.05) is 44.1 Å². The smallest absolute Gasteiger partial charge is 0.288 e. The quantitative estimate of drug-likeness (QED) is 0.608. The zero-order chi connectivity index (χ0) is 17.8. The molecule has 1 saturated heterocycles. The Bertz CT molecular complexity index is 666. The van der Waals surface area contributed by atoms with Crippen molar-refractivity contribution in [3.8, 4) is 0 Å². The number of nitro groups is 1. The molecule has 2 unspecified atom stereocenters. The number of likely N-dealkylation sites (tertiary alicyclic amines) is 1. The van der Waals surface area contributed by atoms with E-state index in [1.807, 2.05) is 31.2 Å². The van der Waals surface area contributed by atoms with Crippen molar-refractivity contribution in [2.24, 2.45) is 11.8 Å². The lowest BCUT2D eigenvalue weighted by atomic mass is 9.88. The molecule has 0 radical (unpaired) electrons. The molecule has 0 amide bonds. The number of hydrogen-bond donors (Lipinski definition) is 1. The highest BCUT2D eigenvalue weighted by Crippen LogP contribution is 2.30. The first-order chi connectivity index (χ1) is 12.1. The van der Waals surface area contributed by atoms with E-state index in [2.05, 4.69) is 22.3 Å². The first-order valence-electron chi connectivity index (χ1n) is 8.70. The predicted molar refractivity (Wildman–Crippen MR) is 96.3 cm³/mol. The molecule has 0 bridgehead atoms. The molecule has 3 rings (SSSR count). The molecule has 1 aromatic carbocycles. The molecule has 1 N–H and O–H groups in total. The van der Waals surface area contributed by atoms with E-state index in [1.54, 1.807) is 13.1 Å². The average molecular weight is 343 g/mol. The molecular weight excluding hydrogens is 318 g/mol. The Kier molecular flexibility index (Phi) is 5.50. The van der Waals surface area contributed by atoms with Gasteiger partial charge in [0.05, 0.1) is 18.1 Å². The maximum absolute atomic E-state index is 11.1. The normalized spacial score (nSPS) is 24.2. The van der Waals surface area contributed by atoms with Crippen molar-refractivity contribution in [3.63, 3.8) is 0 Å². The van der Waals surface area contributed by atoms with Crippen molar-refractivity contribution in [2.45, 2.75) is 19.6 Å². The summed E-state index contributed by atoms with van der Waals surface area (Å²) in [5.41, 5.74) is 1.98. The number of benzene rings is 1. The van der Waals surface area contributed by atoms with Crippen molar-refractivity contribution in [3.05, 3.63) is 69.6 Å². The van der Waals surface area contributed by atoms with Gasteiger partial charge >= 0.3 is 0 Å². The molecule has 25 heavy (non-hydrogen) atoms. The molecule has 2 atom stereocenters. The second kappa shape index (κ2) is 7.80. The monoisotopic (exact) mass is 343 g/mol. The Morgan fingerprint density at radius 3 is 2.64 bits per heavy atom. The molecule has 1 aromatic rings. The van der Waals surface area contributed by atoms with E-state index in [4.69, 9.17) is 4.74 Å². The van der Waals surface area contributed by atoms with Crippen molar-refractivity contribution in [2.75, 3.05) is 26.7 Å². The molecule has 2 aliphatic rings. The van der Waals surface area contributed by atoms with Gasteiger partial charge in [0.25, 0.3) is 5.70 Å². The molecule has 0 saturated carbocycles. The van der Waals surface area contributed by atoms with Crippen molar-refractivity contribution < 1.29 is 9.66 Å². The second-order valence-electron chi connectivity index (χ2n) is 6.81. The van der Waals surface area contributed by atoms with Crippen LogP contribution in [0.3, 0.4) is 0 Å². The van der Waals surface area contributed by atoms with E-state index in [1.165, 1.54) is 5.56 Å². The van der Waals surface area contributed by atoms with E-state index >= 15 is 0 Å². The SMILES string of the molecule is CNC1=CC(N2CC(COCc3ccccc3)C2)C(C)C=C1[N+](=O)[O-]. The van der Waals surface area contributed by atoms with E-state index in [9.17, 15) is 10.1 Å². The summed E-state index contributed by atoms with van der Waals surface area (Å²) in [5.74, 6) is 0.659. The van der Waals surface area contributed by atoms with Crippen LogP contribution in [0, 0.1) is 22.0 Å². The van der Waals surface area contributed by atoms with Crippen LogP contribution in [0.15, 0.2) is 53.9 Å². The van der Waals surface area contributed by atoms with E-state index in [0.29, 0.717) is 18.2 Å². The maximum Gasteiger partial charge on any atom is 0.288 e. The Balaban J connectivity index is 1.47. The number of ether oxygens (including phenoxy) is 1. The molecule has 1 heterocycles. The third kappa shape index (κ3) is 4.08. The summed E-state index contributed by atoms with van der Waals surface area (Å²) in [6.07, 6.45) is 3.75. The first-order valence-corrected chi connectivity index (χ1v) is 8.70. The number of nitrogens with zero attached hydrogens (tertiary/aromatic N) is 2. The maximum atomic E-state index is 11.1. The van der Waals surface area contributed by atoms with Gasteiger partial charge in [-0.25, -0.2) is 0 Å². The Morgan fingerprint density at radius 1 is 1.28 bits per heavy atom. The van der Waals surface area contributed by atoms with Crippen LogP contribution >= 0.6 is 0 Å². The lowest BCUT2D eigenvalue weighted by Gasteiger charge is -2.45. The molecule has 0 spiro atoms. The third-order valence-electron chi connectivity index (χ3n) is 4.91. The number of nitrogens with one attached hydrogen (secondary N) is 1.